The highest BCUT2D eigenvalue weighted by Gasteiger charge is 2.28. The van der Waals surface area contributed by atoms with Gasteiger partial charge in [-0.2, -0.15) is 5.10 Å². The van der Waals surface area contributed by atoms with Gasteiger partial charge in [0.05, 0.1) is 11.6 Å². The van der Waals surface area contributed by atoms with Crippen molar-refractivity contribution in [1.29, 1.82) is 0 Å². The van der Waals surface area contributed by atoms with Gasteiger partial charge in [0.15, 0.2) is 0 Å². The second-order valence-electron chi connectivity index (χ2n) is 5.88. The first-order valence-electron chi connectivity index (χ1n) is 7.63. The molecule has 2 amide bonds. The lowest BCUT2D eigenvalue weighted by Crippen LogP contribution is -2.43. The van der Waals surface area contributed by atoms with E-state index in [1.165, 1.54) is 10.7 Å². The van der Waals surface area contributed by atoms with Gasteiger partial charge in [0.25, 0.3) is 5.56 Å². The molecule has 0 saturated carbocycles. The highest BCUT2D eigenvalue weighted by molar-refractivity contribution is 5.81. The highest BCUT2D eigenvalue weighted by Crippen LogP contribution is 2.09. The average molecular weight is 321 g/mol. The molecule has 0 unspecified atom stereocenters. The summed E-state index contributed by atoms with van der Waals surface area (Å²) >= 11 is 0. The van der Waals surface area contributed by atoms with Gasteiger partial charge >= 0.3 is 0 Å². The fourth-order valence-electron chi connectivity index (χ4n) is 2.66. The molecule has 8 heteroatoms. The largest absolute Gasteiger partial charge is 0.359 e. The molecule has 1 saturated heterocycles. The number of nitrogens with one attached hydrogen (secondary N) is 1. The number of aromatic nitrogens is 2. The van der Waals surface area contributed by atoms with E-state index < -0.39 is 0 Å². The molecule has 126 valence electrons. The lowest BCUT2D eigenvalue weighted by Gasteiger charge is -2.23. The van der Waals surface area contributed by atoms with E-state index >= 15 is 0 Å². The molecule has 0 aromatic carbocycles. The molecule has 1 aliphatic heterocycles. The first-order chi connectivity index (χ1) is 10.9. The molecule has 0 bridgehead atoms. The summed E-state index contributed by atoms with van der Waals surface area (Å²) in [7, 11) is 3.52. The number of aryl methyl sites for hydroxylation is 1. The molecule has 8 nitrogen and oxygen atoms in total. The predicted molar refractivity (Wildman–Crippen MR) is 84.9 cm³/mol. The Morgan fingerprint density at radius 2 is 2.04 bits per heavy atom. The lowest BCUT2D eigenvalue weighted by molar-refractivity contribution is -0.133. The predicted octanol–water partition coefficient (Wildman–Crippen LogP) is -1.31. The molecular weight excluding hydrogens is 298 g/mol. The number of carbonyl (C=O) groups excluding carboxylic acids is 2. The molecule has 1 aromatic rings. The fraction of sp³-hybridized carbons (Fsp3) is 0.600. The van der Waals surface area contributed by atoms with Gasteiger partial charge in [-0.15, -0.1) is 0 Å². The Morgan fingerprint density at radius 3 is 2.74 bits per heavy atom. The maximum atomic E-state index is 12.5. The van der Waals surface area contributed by atoms with Gasteiger partial charge in [0.2, 0.25) is 11.8 Å². The van der Waals surface area contributed by atoms with Crippen LogP contribution in [0.15, 0.2) is 16.9 Å². The van der Waals surface area contributed by atoms with Crippen molar-refractivity contribution in [2.75, 3.05) is 40.3 Å². The monoisotopic (exact) mass is 321 g/mol. The molecular formula is C15H23N5O3. The van der Waals surface area contributed by atoms with E-state index in [2.05, 4.69) is 10.4 Å². The molecule has 2 heterocycles. The van der Waals surface area contributed by atoms with Crippen molar-refractivity contribution in [2.24, 2.45) is 5.92 Å². The summed E-state index contributed by atoms with van der Waals surface area (Å²) < 4.78 is 1.17. The molecule has 1 aliphatic rings. The van der Waals surface area contributed by atoms with Crippen LogP contribution in [0.3, 0.4) is 0 Å². The molecule has 1 atom stereocenters. The zero-order chi connectivity index (χ0) is 17.0. The van der Waals surface area contributed by atoms with Crippen LogP contribution in [0.1, 0.15) is 5.69 Å². The smallest absolute Gasteiger partial charge is 0.267 e. The standard InChI is InChI=1S/C15H23N5O3/c1-11-4-5-13(21)20(17-11)10-14(22)19-7-6-18(3)8-12(9-19)15(23)16-2/h4-5,12H,6-10H2,1-3H3,(H,16,23)/t12-/m1/s1. The van der Waals surface area contributed by atoms with Gasteiger partial charge in [-0.25, -0.2) is 4.68 Å². The Labute approximate surface area is 135 Å². The van der Waals surface area contributed by atoms with E-state index in [1.54, 1.807) is 24.9 Å². The average Bonchev–Trinajstić information content (AvgIpc) is 2.72. The first-order valence-corrected chi connectivity index (χ1v) is 7.63. The summed E-state index contributed by atoms with van der Waals surface area (Å²) in [4.78, 5) is 39.9. The Hall–Kier alpha value is -2.22. The Bertz CT molecular complexity index is 642. The first kappa shape index (κ1) is 17.1. The number of rotatable bonds is 3. The number of hydrogen-bond acceptors (Lipinski definition) is 5. The van der Waals surface area contributed by atoms with Gasteiger partial charge in [-0.3, -0.25) is 14.4 Å². The number of nitrogens with zero attached hydrogens (tertiary/aromatic N) is 4. The topological polar surface area (TPSA) is 87.5 Å². The summed E-state index contributed by atoms with van der Waals surface area (Å²) in [5.41, 5.74) is 0.370. The van der Waals surface area contributed by atoms with Crippen molar-refractivity contribution in [1.82, 2.24) is 24.9 Å². The Morgan fingerprint density at radius 1 is 1.30 bits per heavy atom. The summed E-state index contributed by atoms with van der Waals surface area (Å²) in [6, 6.07) is 3.02. The molecule has 2 rings (SSSR count). The third-order valence-corrected chi connectivity index (χ3v) is 3.98. The highest BCUT2D eigenvalue weighted by atomic mass is 16.2. The van der Waals surface area contributed by atoms with Crippen molar-refractivity contribution in [2.45, 2.75) is 13.5 Å². The zero-order valence-corrected chi connectivity index (χ0v) is 13.8. The maximum absolute atomic E-state index is 12.5. The SMILES string of the molecule is CNC(=O)[C@@H]1CN(C)CCN(C(=O)Cn2nc(C)ccc2=O)C1. The van der Waals surface area contributed by atoms with Gasteiger partial charge < -0.3 is 15.1 Å². The third kappa shape index (κ3) is 4.38. The second-order valence-corrected chi connectivity index (χ2v) is 5.88. The molecule has 0 aliphatic carbocycles. The Kier molecular flexibility index (Phi) is 5.49. The number of carbonyl (C=O) groups is 2. The minimum absolute atomic E-state index is 0.0811. The van der Waals surface area contributed by atoms with Crippen molar-refractivity contribution in [3.63, 3.8) is 0 Å². The molecule has 23 heavy (non-hydrogen) atoms. The van der Waals surface area contributed by atoms with Crippen LogP contribution in [-0.4, -0.2) is 71.7 Å². The van der Waals surface area contributed by atoms with Crippen LogP contribution in [0, 0.1) is 12.8 Å². The maximum Gasteiger partial charge on any atom is 0.267 e. The normalized spacial score (nSPS) is 19.3. The number of hydrogen-bond donors (Lipinski definition) is 1. The minimum Gasteiger partial charge on any atom is -0.359 e. The van der Waals surface area contributed by atoms with Crippen LogP contribution in [-0.2, 0) is 16.1 Å². The van der Waals surface area contributed by atoms with Crippen molar-refractivity contribution < 1.29 is 9.59 Å². The van der Waals surface area contributed by atoms with Crippen LogP contribution < -0.4 is 10.9 Å². The molecule has 0 spiro atoms. The number of amides is 2. The van der Waals surface area contributed by atoms with Crippen LogP contribution in [0.5, 0.6) is 0 Å². The fourth-order valence-corrected chi connectivity index (χ4v) is 2.66. The molecule has 1 aromatic heterocycles. The van der Waals surface area contributed by atoms with E-state index in [0.29, 0.717) is 31.9 Å². The second kappa shape index (κ2) is 7.36. The van der Waals surface area contributed by atoms with Crippen molar-refractivity contribution in [3.05, 3.63) is 28.2 Å². The summed E-state index contributed by atoms with van der Waals surface area (Å²) in [5, 5.41) is 6.72. The van der Waals surface area contributed by atoms with E-state index in [0.717, 1.165) is 0 Å². The zero-order valence-electron chi connectivity index (χ0n) is 13.8. The van der Waals surface area contributed by atoms with E-state index in [9.17, 15) is 14.4 Å². The van der Waals surface area contributed by atoms with E-state index in [-0.39, 0.29) is 29.8 Å². The minimum atomic E-state index is -0.307. The van der Waals surface area contributed by atoms with Gasteiger partial charge in [-0.05, 0) is 20.0 Å². The van der Waals surface area contributed by atoms with Crippen molar-refractivity contribution >= 4 is 11.8 Å². The van der Waals surface area contributed by atoms with E-state index in [4.69, 9.17) is 0 Å². The van der Waals surface area contributed by atoms with Gasteiger partial charge in [0, 0.05) is 39.3 Å². The van der Waals surface area contributed by atoms with Crippen LogP contribution in [0.25, 0.3) is 0 Å². The van der Waals surface area contributed by atoms with Gasteiger partial charge in [-0.1, -0.05) is 0 Å². The molecule has 1 fully saturated rings. The summed E-state index contributed by atoms with van der Waals surface area (Å²) in [5.74, 6) is -0.560. The van der Waals surface area contributed by atoms with Crippen molar-refractivity contribution in [3.8, 4) is 0 Å². The van der Waals surface area contributed by atoms with Crippen LogP contribution in [0.2, 0.25) is 0 Å². The molecule has 1 N–H and O–H groups in total. The summed E-state index contributed by atoms with van der Waals surface area (Å²) in [6.45, 7) is 3.84. The third-order valence-electron chi connectivity index (χ3n) is 3.98. The molecule has 0 radical (unpaired) electrons. The van der Waals surface area contributed by atoms with Gasteiger partial charge in [0.1, 0.15) is 6.54 Å². The summed E-state index contributed by atoms with van der Waals surface area (Å²) in [6.07, 6.45) is 0. The lowest BCUT2D eigenvalue weighted by atomic mass is 10.1. The van der Waals surface area contributed by atoms with Crippen LogP contribution in [0.4, 0.5) is 0 Å². The Balaban J connectivity index is 2.12. The van der Waals surface area contributed by atoms with Crippen LogP contribution >= 0.6 is 0 Å². The quantitative estimate of drug-likeness (QED) is 0.747. The van der Waals surface area contributed by atoms with E-state index in [1.807, 2.05) is 11.9 Å². The number of likely N-dealkylation sites (N-methyl/N-ethyl adjacent to an activating group) is 1.